The molecule has 0 aliphatic heterocycles. The average Bonchev–Trinajstić information content (AvgIpc) is 3.27. The molecule has 5 nitrogen and oxygen atoms in total. The molecule has 2 heterocycles. The van der Waals surface area contributed by atoms with Gasteiger partial charge in [0.2, 0.25) is 0 Å². The summed E-state index contributed by atoms with van der Waals surface area (Å²) in [6.45, 7) is 2.38. The number of benzene rings is 2. The van der Waals surface area contributed by atoms with Crippen LogP contribution in [0.3, 0.4) is 0 Å². The van der Waals surface area contributed by atoms with Crippen molar-refractivity contribution in [1.82, 2.24) is 20.3 Å². The van der Waals surface area contributed by atoms with Crippen LogP contribution in [-0.2, 0) is 6.54 Å². The fourth-order valence-corrected chi connectivity index (χ4v) is 3.36. The molecule has 0 aliphatic rings. The Labute approximate surface area is 148 Å². The van der Waals surface area contributed by atoms with E-state index in [2.05, 4.69) is 20.3 Å². The third-order valence-electron chi connectivity index (χ3n) is 3.89. The van der Waals surface area contributed by atoms with Crippen molar-refractivity contribution in [2.24, 2.45) is 0 Å². The fourth-order valence-electron chi connectivity index (χ4n) is 2.55. The molecule has 1 amide bonds. The lowest BCUT2D eigenvalue weighted by Gasteiger charge is -2.00. The average molecular weight is 348 g/mol. The van der Waals surface area contributed by atoms with Crippen molar-refractivity contribution in [2.45, 2.75) is 13.5 Å². The number of carbonyl (C=O) groups is 1. The van der Waals surface area contributed by atoms with Crippen molar-refractivity contribution in [1.29, 1.82) is 0 Å². The number of hydrogen-bond donors (Lipinski definition) is 2. The van der Waals surface area contributed by atoms with Crippen LogP contribution in [0.15, 0.2) is 53.9 Å². The highest BCUT2D eigenvalue weighted by Crippen LogP contribution is 2.24. The lowest BCUT2D eigenvalue weighted by molar-refractivity contribution is 0.0946. The van der Waals surface area contributed by atoms with Crippen LogP contribution in [0.2, 0.25) is 0 Å². The standard InChI is InChI=1S/C19H16N4OS/c1-12-6-8-13(9-7-12)19-23-16(11-25-19)18(24)20-10-17-21-14-4-2-3-5-15(14)22-17/h2-9,11H,10H2,1H3,(H,20,24)(H,21,22). The van der Waals surface area contributed by atoms with Crippen molar-refractivity contribution < 1.29 is 4.79 Å². The molecule has 2 aromatic carbocycles. The molecule has 2 N–H and O–H groups in total. The highest BCUT2D eigenvalue weighted by molar-refractivity contribution is 7.13. The van der Waals surface area contributed by atoms with Crippen LogP contribution >= 0.6 is 11.3 Å². The Morgan fingerprint density at radius 2 is 1.92 bits per heavy atom. The SMILES string of the molecule is Cc1ccc(-c2nc(C(=O)NCc3nc4ccccc4[nH]3)cs2)cc1. The molecule has 4 rings (SSSR count). The van der Waals surface area contributed by atoms with Gasteiger partial charge in [-0.3, -0.25) is 4.79 Å². The first-order valence-electron chi connectivity index (χ1n) is 7.93. The number of imidazole rings is 1. The molecular formula is C19H16N4OS. The van der Waals surface area contributed by atoms with Gasteiger partial charge in [-0.25, -0.2) is 9.97 Å². The van der Waals surface area contributed by atoms with Crippen molar-refractivity contribution in [3.05, 3.63) is 71.0 Å². The Morgan fingerprint density at radius 1 is 1.12 bits per heavy atom. The minimum absolute atomic E-state index is 0.199. The summed E-state index contributed by atoms with van der Waals surface area (Å²) in [5, 5.41) is 5.48. The number of aromatic amines is 1. The zero-order valence-electron chi connectivity index (χ0n) is 13.6. The minimum Gasteiger partial charge on any atom is -0.343 e. The first-order chi connectivity index (χ1) is 12.2. The number of fused-ring (bicyclic) bond motifs is 1. The Bertz CT molecular complexity index is 1000. The lowest BCUT2D eigenvalue weighted by atomic mass is 10.2. The van der Waals surface area contributed by atoms with Gasteiger partial charge in [-0.05, 0) is 19.1 Å². The molecule has 124 valence electrons. The number of nitrogens with one attached hydrogen (secondary N) is 2. The van der Waals surface area contributed by atoms with E-state index in [9.17, 15) is 4.79 Å². The molecule has 0 spiro atoms. The number of amides is 1. The van der Waals surface area contributed by atoms with Gasteiger partial charge in [0.05, 0.1) is 17.6 Å². The maximum atomic E-state index is 12.3. The summed E-state index contributed by atoms with van der Waals surface area (Å²) < 4.78 is 0. The summed E-state index contributed by atoms with van der Waals surface area (Å²) in [5.41, 5.74) is 4.50. The van der Waals surface area contributed by atoms with Crippen LogP contribution in [0.4, 0.5) is 0 Å². The van der Waals surface area contributed by atoms with Gasteiger partial charge >= 0.3 is 0 Å². The summed E-state index contributed by atoms with van der Waals surface area (Å²) in [7, 11) is 0. The zero-order valence-corrected chi connectivity index (χ0v) is 14.4. The third kappa shape index (κ3) is 3.29. The minimum atomic E-state index is -0.199. The molecule has 2 aromatic heterocycles. The Hall–Kier alpha value is -2.99. The number of aromatic nitrogens is 3. The van der Waals surface area contributed by atoms with Gasteiger partial charge in [-0.2, -0.15) is 0 Å². The fraction of sp³-hybridized carbons (Fsp3) is 0.105. The van der Waals surface area contributed by atoms with E-state index in [1.807, 2.05) is 55.5 Å². The van der Waals surface area contributed by atoms with E-state index in [-0.39, 0.29) is 5.91 Å². The largest absolute Gasteiger partial charge is 0.343 e. The number of rotatable bonds is 4. The maximum Gasteiger partial charge on any atom is 0.271 e. The molecule has 0 radical (unpaired) electrons. The van der Waals surface area contributed by atoms with Crippen LogP contribution < -0.4 is 5.32 Å². The van der Waals surface area contributed by atoms with Crippen LogP contribution in [0.1, 0.15) is 21.9 Å². The first-order valence-corrected chi connectivity index (χ1v) is 8.81. The molecule has 6 heteroatoms. The molecule has 4 aromatic rings. The number of hydrogen-bond acceptors (Lipinski definition) is 4. The Kier molecular flexibility index (Phi) is 4.03. The summed E-state index contributed by atoms with van der Waals surface area (Å²) >= 11 is 1.47. The number of nitrogens with zero attached hydrogens (tertiary/aromatic N) is 2. The van der Waals surface area contributed by atoms with Crippen LogP contribution in [0.25, 0.3) is 21.6 Å². The van der Waals surface area contributed by atoms with E-state index in [0.29, 0.717) is 12.2 Å². The van der Waals surface area contributed by atoms with Gasteiger partial charge < -0.3 is 10.3 Å². The van der Waals surface area contributed by atoms with E-state index in [4.69, 9.17) is 0 Å². The predicted octanol–water partition coefficient (Wildman–Crippen LogP) is 3.92. The number of carbonyl (C=O) groups excluding carboxylic acids is 1. The summed E-state index contributed by atoms with van der Waals surface area (Å²) in [5.74, 6) is 0.526. The molecule has 0 saturated carbocycles. The molecule has 25 heavy (non-hydrogen) atoms. The van der Waals surface area contributed by atoms with Crippen molar-refractivity contribution >= 4 is 28.3 Å². The van der Waals surface area contributed by atoms with Crippen molar-refractivity contribution in [2.75, 3.05) is 0 Å². The Balaban J connectivity index is 1.45. The van der Waals surface area contributed by atoms with E-state index >= 15 is 0 Å². The molecule has 0 fully saturated rings. The predicted molar refractivity (Wildman–Crippen MR) is 99.6 cm³/mol. The van der Waals surface area contributed by atoms with Gasteiger partial charge in [0.15, 0.2) is 0 Å². The van der Waals surface area contributed by atoms with Gasteiger partial charge in [-0.1, -0.05) is 42.0 Å². The molecule has 0 atom stereocenters. The monoisotopic (exact) mass is 348 g/mol. The number of para-hydroxylation sites is 2. The molecule has 0 aliphatic carbocycles. The quantitative estimate of drug-likeness (QED) is 0.587. The second-order valence-electron chi connectivity index (χ2n) is 5.79. The number of thiazole rings is 1. The second kappa shape index (κ2) is 6.49. The normalized spacial score (nSPS) is 10.9. The second-order valence-corrected chi connectivity index (χ2v) is 6.65. The van der Waals surface area contributed by atoms with E-state index in [1.54, 1.807) is 5.38 Å². The van der Waals surface area contributed by atoms with Crippen molar-refractivity contribution in [3.63, 3.8) is 0 Å². The molecule has 0 bridgehead atoms. The van der Waals surface area contributed by atoms with Crippen LogP contribution in [0.5, 0.6) is 0 Å². The van der Waals surface area contributed by atoms with E-state index < -0.39 is 0 Å². The number of H-pyrrole nitrogens is 1. The zero-order chi connectivity index (χ0) is 17.2. The molecular weight excluding hydrogens is 332 g/mol. The Morgan fingerprint density at radius 3 is 2.72 bits per heavy atom. The van der Waals surface area contributed by atoms with Gasteiger partial charge in [-0.15, -0.1) is 11.3 Å². The number of aryl methyl sites for hydroxylation is 1. The smallest absolute Gasteiger partial charge is 0.271 e. The van der Waals surface area contributed by atoms with Crippen molar-refractivity contribution in [3.8, 4) is 10.6 Å². The maximum absolute atomic E-state index is 12.3. The first kappa shape index (κ1) is 15.5. The van der Waals surface area contributed by atoms with Gasteiger partial charge in [0.25, 0.3) is 5.91 Å². The van der Waals surface area contributed by atoms with E-state index in [0.717, 1.165) is 27.4 Å². The third-order valence-corrected chi connectivity index (χ3v) is 4.78. The van der Waals surface area contributed by atoms with Crippen LogP contribution in [-0.4, -0.2) is 20.9 Å². The molecule has 0 unspecified atom stereocenters. The summed E-state index contributed by atoms with van der Waals surface area (Å²) in [6, 6.07) is 15.9. The lowest BCUT2D eigenvalue weighted by Crippen LogP contribution is -2.23. The van der Waals surface area contributed by atoms with Gasteiger partial charge in [0, 0.05) is 10.9 Å². The van der Waals surface area contributed by atoms with Gasteiger partial charge in [0.1, 0.15) is 16.5 Å². The highest BCUT2D eigenvalue weighted by atomic mass is 32.1. The summed E-state index contributed by atoms with van der Waals surface area (Å²) in [4.78, 5) is 24.4. The summed E-state index contributed by atoms with van der Waals surface area (Å²) in [6.07, 6.45) is 0. The highest BCUT2D eigenvalue weighted by Gasteiger charge is 2.12. The topological polar surface area (TPSA) is 70.7 Å². The van der Waals surface area contributed by atoms with Crippen LogP contribution in [0, 0.1) is 6.92 Å². The van der Waals surface area contributed by atoms with E-state index in [1.165, 1.54) is 16.9 Å². The molecule has 0 saturated heterocycles.